The fourth-order valence-electron chi connectivity index (χ4n) is 2.68. The number of hydrogen-bond acceptors (Lipinski definition) is 2. The smallest absolute Gasteiger partial charge is 0.0708 e. The first kappa shape index (κ1) is 11.1. The molecular formula is C18H12N2. The van der Waals surface area contributed by atoms with Gasteiger partial charge in [0.05, 0.1) is 11.0 Å². The minimum Gasteiger partial charge on any atom is -0.256 e. The van der Waals surface area contributed by atoms with Crippen LogP contribution in [0.2, 0.25) is 0 Å². The number of benzene rings is 2. The van der Waals surface area contributed by atoms with Crippen molar-refractivity contribution < 1.29 is 0 Å². The lowest BCUT2D eigenvalue weighted by Crippen LogP contribution is -1.86. The van der Waals surface area contributed by atoms with E-state index in [1.165, 1.54) is 21.9 Å². The van der Waals surface area contributed by atoms with Crippen molar-refractivity contribution in [1.82, 2.24) is 9.97 Å². The molecule has 4 aromatic rings. The molecule has 0 amide bonds. The van der Waals surface area contributed by atoms with E-state index >= 15 is 0 Å². The van der Waals surface area contributed by atoms with Crippen molar-refractivity contribution in [1.29, 1.82) is 0 Å². The molecule has 0 aliphatic rings. The largest absolute Gasteiger partial charge is 0.256 e. The monoisotopic (exact) mass is 256 g/mol. The zero-order chi connectivity index (χ0) is 13.4. The fraction of sp³-hybridized carbons (Fsp3) is 0. The van der Waals surface area contributed by atoms with E-state index in [9.17, 15) is 0 Å². The second kappa shape index (κ2) is 4.42. The van der Waals surface area contributed by atoms with E-state index in [2.05, 4.69) is 46.4 Å². The van der Waals surface area contributed by atoms with Gasteiger partial charge in [-0.3, -0.25) is 9.97 Å². The van der Waals surface area contributed by atoms with Crippen molar-refractivity contribution in [3.8, 4) is 11.1 Å². The van der Waals surface area contributed by atoms with E-state index in [0.717, 1.165) is 11.0 Å². The second-order valence-electron chi connectivity index (χ2n) is 4.75. The van der Waals surface area contributed by atoms with E-state index in [1.807, 2.05) is 36.7 Å². The van der Waals surface area contributed by atoms with E-state index in [-0.39, 0.29) is 0 Å². The summed E-state index contributed by atoms with van der Waals surface area (Å²) in [6.45, 7) is 0. The summed E-state index contributed by atoms with van der Waals surface area (Å²) in [5.74, 6) is 0. The molecule has 20 heavy (non-hydrogen) atoms. The van der Waals surface area contributed by atoms with Gasteiger partial charge in [-0.25, -0.2) is 0 Å². The summed E-state index contributed by atoms with van der Waals surface area (Å²) in [5.41, 5.74) is 4.44. The average molecular weight is 256 g/mol. The molecule has 0 saturated carbocycles. The molecule has 0 saturated heterocycles. The number of pyridine rings is 2. The summed E-state index contributed by atoms with van der Waals surface area (Å²) in [4.78, 5) is 8.86. The maximum Gasteiger partial charge on any atom is 0.0708 e. The normalized spacial score (nSPS) is 11.0. The van der Waals surface area contributed by atoms with Crippen LogP contribution in [0.25, 0.3) is 32.9 Å². The third-order valence-corrected chi connectivity index (χ3v) is 3.58. The van der Waals surface area contributed by atoms with Crippen LogP contribution in [0, 0.1) is 0 Å². The van der Waals surface area contributed by atoms with Gasteiger partial charge in [0.1, 0.15) is 0 Å². The van der Waals surface area contributed by atoms with Gasteiger partial charge < -0.3 is 0 Å². The van der Waals surface area contributed by atoms with Crippen LogP contribution < -0.4 is 0 Å². The third-order valence-electron chi connectivity index (χ3n) is 3.58. The summed E-state index contributed by atoms with van der Waals surface area (Å²) in [6.07, 6.45) is 3.66. The lowest BCUT2D eigenvalue weighted by atomic mass is 9.97. The molecule has 0 N–H and O–H groups in total. The molecule has 0 aliphatic heterocycles. The Hall–Kier alpha value is -2.74. The Labute approximate surface area is 116 Å². The lowest BCUT2D eigenvalue weighted by Gasteiger charge is -2.09. The Kier molecular flexibility index (Phi) is 2.46. The summed E-state index contributed by atoms with van der Waals surface area (Å²) in [5, 5.41) is 2.35. The molecule has 2 aromatic carbocycles. The van der Waals surface area contributed by atoms with Gasteiger partial charge in [-0.1, -0.05) is 36.4 Å². The standard InChI is InChI=1S/C18H12N2/c1-5-13(15-7-3-11-19-17(15)9-1)14-6-2-10-18-16(14)8-4-12-20-18/h1-12H. The quantitative estimate of drug-likeness (QED) is 0.503. The molecule has 0 spiro atoms. The van der Waals surface area contributed by atoms with Crippen LogP contribution in [-0.2, 0) is 0 Å². The van der Waals surface area contributed by atoms with E-state index < -0.39 is 0 Å². The Morgan fingerprint density at radius 3 is 1.50 bits per heavy atom. The van der Waals surface area contributed by atoms with Crippen LogP contribution in [-0.4, -0.2) is 9.97 Å². The minimum absolute atomic E-state index is 1.02. The van der Waals surface area contributed by atoms with Crippen LogP contribution in [0.3, 0.4) is 0 Å². The van der Waals surface area contributed by atoms with E-state index in [0.29, 0.717) is 0 Å². The first-order valence-corrected chi connectivity index (χ1v) is 6.61. The molecule has 4 rings (SSSR count). The Bertz CT molecular complexity index is 825. The maximum absolute atomic E-state index is 4.43. The van der Waals surface area contributed by atoms with Crippen LogP contribution in [0.4, 0.5) is 0 Å². The van der Waals surface area contributed by atoms with Crippen molar-refractivity contribution in [3.05, 3.63) is 73.1 Å². The van der Waals surface area contributed by atoms with Crippen molar-refractivity contribution in [2.75, 3.05) is 0 Å². The first-order valence-electron chi connectivity index (χ1n) is 6.61. The number of aromatic nitrogens is 2. The molecule has 0 unspecified atom stereocenters. The fourth-order valence-corrected chi connectivity index (χ4v) is 2.68. The number of fused-ring (bicyclic) bond motifs is 2. The second-order valence-corrected chi connectivity index (χ2v) is 4.75. The van der Waals surface area contributed by atoms with Crippen LogP contribution in [0.1, 0.15) is 0 Å². The highest BCUT2D eigenvalue weighted by molar-refractivity contribution is 6.03. The molecule has 0 radical (unpaired) electrons. The van der Waals surface area contributed by atoms with Gasteiger partial charge >= 0.3 is 0 Å². The molecule has 0 fully saturated rings. The molecule has 0 aliphatic carbocycles. The Balaban J connectivity index is 2.12. The zero-order valence-corrected chi connectivity index (χ0v) is 10.8. The predicted octanol–water partition coefficient (Wildman–Crippen LogP) is 4.45. The van der Waals surface area contributed by atoms with Crippen molar-refractivity contribution in [3.63, 3.8) is 0 Å². The summed E-state index contributed by atoms with van der Waals surface area (Å²) < 4.78 is 0. The number of rotatable bonds is 1. The van der Waals surface area contributed by atoms with E-state index in [4.69, 9.17) is 0 Å². The van der Waals surface area contributed by atoms with Gasteiger partial charge in [-0.05, 0) is 35.4 Å². The zero-order valence-electron chi connectivity index (χ0n) is 10.8. The SMILES string of the molecule is c1cc(-c2cccc3ncccc23)c2cccnc2c1. The van der Waals surface area contributed by atoms with Crippen LogP contribution in [0.5, 0.6) is 0 Å². The van der Waals surface area contributed by atoms with Gasteiger partial charge in [-0.15, -0.1) is 0 Å². The highest BCUT2D eigenvalue weighted by atomic mass is 14.6. The predicted molar refractivity (Wildman–Crippen MR) is 82.5 cm³/mol. The molecule has 0 atom stereocenters. The summed E-state index contributed by atoms with van der Waals surface area (Å²) in [7, 11) is 0. The molecule has 2 nitrogen and oxygen atoms in total. The summed E-state index contributed by atoms with van der Waals surface area (Å²) >= 11 is 0. The first-order chi connectivity index (χ1) is 9.93. The maximum atomic E-state index is 4.43. The Morgan fingerprint density at radius 2 is 1.00 bits per heavy atom. The van der Waals surface area contributed by atoms with Gasteiger partial charge in [-0.2, -0.15) is 0 Å². The molecule has 2 aromatic heterocycles. The minimum atomic E-state index is 1.02. The number of nitrogens with zero attached hydrogens (tertiary/aromatic N) is 2. The van der Waals surface area contributed by atoms with Crippen molar-refractivity contribution in [2.24, 2.45) is 0 Å². The molecular weight excluding hydrogens is 244 g/mol. The van der Waals surface area contributed by atoms with Crippen LogP contribution >= 0.6 is 0 Å². The van der Waals surface area contributed by atoms with Crippen LogP contribution in [0.15, 0.2) is 73.1 Å². The molecule has 0 bridgehead atoms. The van der Waals surface area contributed by atoms with Gasteiger partial charge in [0.2, 0.25) is 0 Å². The van der Waals surface area contributed by atoms with Gasteiger partial charge in [0.25, 0.3) is 0 Å². The van der Waals surface area contributed by atoms with Crippen molar-refractivity contribution >= 4 is 21.8 Å². The Morgan fingerprint density at radius 1 is 0.500 bits per heavy atom. The highest BCUT2D eigenvalue weighted by Gasteiger charge is 2.07. The van der Waals surface area contributed by atoms with Gasteiger partial charge in [0, 0.05) is 23.2 Å². The highest BCUT2D eigenvalue weighted by Crippen LogP contribution is 2.32. The molecule has 2 heteroatoms. The average Bonchev–Trinajstić information content (AvgIpc) is 2.54. The summed E-state index contributed by atoms with van der Waals surface area (Å²) in [6, 6.07) is 20.7. The topological polar surface area (TPSA) is 25.8 Å². The molecule has 94 valence electrons. The van der Waals surface area contributed by atoms with Gasteiger partial charge in [0.15, 0.2) is 0 Å². The lowest BCUT2D eigenvalue weighted by molar-refractivity contribution is 1.41. The molecule has 2 heterocycles. The third kappa shape index (κ3) is 1.66. The number of hydrogen-bond donors (Lipinski definition) is 0. The van der Waals surface area contributed by atoms with Crippen molar-refractivity contribution in [2.45, 2.75) is 0 Å². The van der Waals surface area contributed by atoms with E-state index in [1.54, 1.807) is 0 Å².